The molecule has 0 bridgehead atoms. The van der Waals surface area contributed by atoms with E-state index < -0.39 is 21.4 Å². The lowest BCUT2D eigenvalue weighted by atomic mass is 10.0. The van der Waals surface area contributed by atoms with Gasteiger partial charge in [0.15, 0.2) is 11.5 Å². The lowest BCUT2D eigenvalue weighted by Gasteiger charge is -2.17. The van der Waals surface area contributed by atoms with Gasteiger partial charge in [0.2, 0.25) is 0 Å². The minimum absolute atomic E-state index is 0.0596. The molecule has 1 aliphatic carbocycles. The first-order chi connectivity index (χ1) is 17.9. The fraction of sp³-hybridized carbons (Fsp3) is 0.250. The van der Waals surface area contributed by atoms with E-state index in [2.05, 4.69) is 26.2 Å². The highest BCUT2D eigenvalue weighted by Crippen LogP contribution is 2.48. The number of benzene rings is 1. The van der Waals surface area contributed by atoms with Crippen molar-refractivity contribution in [2.24, 2.45) is 5.73 Å². The van der Waals surface area contributed by atoms with Crippen molar-refractivity contribution in [2.45, 2.75) is 31.8 Å². The Kier molecular flexibility index (Phi) is 7.48. The van der Waals surface area contributed by atoms with Gasteiger partial charge < -0.3 is 20.0 Å². The number of halogens is 4. The van der Waals surface area contributed by atoms with E-state index in [-0.39, 0.29) is 23.5 Å². The molecule has 1 amide bonds. The molecule has 0 saturated heterocycles. The van der Waals surface area contributed by atoms with Crippen LogP contribution in [-0.2, 0) is 23.0 Å². The Bertz CT molecular complexity index is 1580. The zero-order valence-electron chi connectivity index (χ0n) is 20.2. The maximum absolute atomic E-state index is 13.2. The third kappa shape index (κ3) is 4.85. The molecule has 4 rings (SSSR count). The van der Waals surface area contributed by atoms with Gasteiger partial charge in [-0.15, -0.1) is 0 Å². The monoisotopic (exact) mass is 613 g/mol. The molecular weight excluding hydrogens is 591 g/mol. The van der Waals surface area contributed by atoms with Crippen LogP contribution in [-0.4, -0.2) is 36.4 Å². The first kappa shape index (κ1) is 27.5. The Labute approximate surface area is 224 Å². The molecular formula is C24H23BrF3N5O4S. The summed E-state index contributed by atoms with van der Waals surface area (Å²) in [5.41, 5.74) is 2.51. The Morgan fingerprint density at radius 1 is 1.18 bits per heavy atom. The summed E-state index contributed by atoms with van der Waals surface area (Å²) < 4.78 is 72.7. The zero-order valence-corrected chi connectivity index (χ0v) is 22.6. The number of nitrogens with zero attached hydrogens (tertiary/aromatic N) is 2. The van der Waals surface area contributed by atoms with Gasteiger partial charge in [0.25, 0.3) is 5.91 Å². The van der Waals surface area contributed by atoms with Crippen LogP contribution in [0.1, 0.15) is 35.2 Å². The molecule has 0 saturated carbocycles. The highest BCUT2D eigenvalue weighted by Gasteiger charge is 2.46. The third-order valence-electron chi connectivity index (χ3n) is 5.92. The van der Waals surface area contributed by atoms with Crippen LogP contribution in [0.15, 0.2) is 51.7 Å². The molecule has 0 fully saturated rings. The van der Waals surface area contributed by atoms with Crippen LogP contribution in [0.25, 0.3) is 22.3 Å². The molecule has 1 aromatic carbocycles. The number of alkyl halides is 3. The van der Waals surface area contributed by atoms with Crippen LogP contribution >= 0.6 is 15.9 Å². The van der Waals surface area contributed by atoms with E-state index in [0.29, 0.717) is 44.8 Å². The smallest absolute Gasteiger partial charge is 0.472 e. The highest BCUT2D eigenvalue weighted by molar-refractivity contribution is 9.10. The van der Waals surface area contributed by atoms with Gasteiger partial charge in [-0.05, 0) is 45.6 Å². The second kappa shape index (κ2) is 10.3. The van der Waals surface area contributed by atoms with E-state index in [1.807, 2.05) is 6.92 Å². The second-order valence-electron chi connectivity index (χ2n) is 8.32. The predicted octanol–water partition coefficient (Wildman–Crippen LogP) is 5.41. The quantitative estimate of drug-likeness (QED) is 0.231. The number of aryl methyl sites for hydroxylation is 1. The highest BCUT2D eigenvalue weighted by atomic mass is 79.9. The normalized spacial score (nSPS) is 12.2. The number of para-hydroxylation sites is 1. The summed E-state index contributed by atoms with van der Waals surface area (Å²) in [4.78, 5) is 17.0. The van der Waals surface area contributed by atoms with Crippen LogP contribution in [0.4, 0.5) is 24.7 Å². The number of nitrogens with two attached hydrogens (primary N) is 1. The molecule has 1 aliphatic heterocycles. The summed E-state index contributed by atoms with van der Waals surface area (Å²) >= 11 is 3.53. The summed E-state index contributed by atoms with van der Waals surface area (Å²) in [6, 6.07) is 7.42. The van der Waals surface area contributed by atoms with E-state index in [4.69, 9.17) is 10.2 Å². The number of hydrogen-bond acceptors (Lipinski definition) is 6. The average molecular weight is 614 g/mol. The minimum atomic E-state index is -5.70. The summed E-state index contributed by atoms with van der Waals surface area (Å²) in [6.45, 7) is 2.01. The number of carbonyl (C=O) groups excluding carboxylic acids is 1. The van der Waals surface area contributed by atoms with E-state index in [1.54, 1.807) is 28.5 Å². The number of primary amides is 1. The third-order valence-corrected chi connectivity index (χ3v) is 7.85. The van der Waals surface area contributed by atoms with Crippen molar-refractivity contribution in [3.63, 3.8) is 0 Å². The average Bonchev–Trinajstić information content (AvgIpc) is 3.34. The first-order valence-corrected chi connectivity index (χ1v) is 13.6. The van der Waals surface area contributed by atoms with Crippen LogP contribution in [0.2, 0.25) is 0 Å². The molecule has 2 aromatic rings. The van der Waals surface area contributed by atoms with E-state index in [0.717, 1.165) is 6.42 Å². The molecule has 0 spiro atoms. The van der Waals surface area contributed by atoms with Crippen molar-refractivity contribution in [1.82, 2.24) is 9.55 Å². The topological polar surface area (TPSA) is 132 Å². The summed E-state index contributed by atoms with van der Waals surface area (Å²) in [6.07, 6.45) is 4.14. The van der Waals surface area contributed by atoms with Crippen molar-refractivity contribution in [1.29, 1.82) is 0 Å². The summed E-state index contributed by atoms with van der Waals surface area (Å²) in [5.74, 6) is 0.161. The molecule has 2 heterocycles. The Morgan fingerprint density at radius 2 is 1.89 bits per heavy atom. The fourth-order valence-electron chi connectivity index (χ4n) is 4.31. The molecule has 2 aliphatic rings. The summed E-state index contributed by atoms with van der Waals surface area (Å²) in [7, 11) is -4.09. The predicted molar refractivity (Wildman–Crippen MR) is 140 cm³/mol. The lowest BCUT2D eigenvalue weighted by molar-refractivity contribution is -0.0429. The van der Waals surface area contributed by atoms with E-state index in [1.165, 1.54) is 30.7 Å². The van der Waals surface area contributed by atoms with Crippen LogP contribution in [0.3, 0.4) is 0 Å². The number of imidazole rings is 1. The van der Waals surface area contributed by atoms with Crippen molar-refractivity contribution in [2.75, 3.05) is 17.1 Å². The van der Waals surface area contributed by atoms with Gasteiger partial charge in [0.1, 0.15) is 5.82 Å². The van der Waals surface area contributed by atoms with Gasteiger partial charge in [-0.1, -0.05) is 25.1 Å². The van der Waals surface area contributed by atoms with Gasteiger partial charge in [-0.2, -0.15) is 21.6 Å². The summed E-state index contributed by atoms with van der Waals surface area (Å²) in [5, 5.41) is 2.88. The number of nitrogens with one attached hydrogen (secondary N) is 2. The largest absolute Gasteiger partial charge is 0.516 e. The van der Waals surface area contributed by atoms with Crippen molar-refractivity contribution in [3.8, 4) is 22.3 Å². The maximum Gasteiger partial charge on any atom is 0.516 e. The van der Waals surface area contributed by atoms with Crippen LogP contribution in [0, 0.1) is 0 Å². The number of carbonyl (C=O) groups is 1. The number of aromatic nitrogens is 2. The van der Waals surface area contributed by atoms with Gasteiger partial charge in [-0.25, -0.2) is 4.98 Å². The number of sulfonamides is 1. The molecule has 14 heteroatoms. The SMILES string of the molecule is CCCc1nc(NC)c(C(N)=O)n1Cc1c2ccocc-2c(Br)c1-c1ccccc1NS(=O)(=O)C(F)(F)F. The van der Waals surface area contributed by atoms with Crippen molar-refractivity contribution >= 4 is 43.4 Å². The van der Waals surface area contributed by atoms with Crippen LogP contribution in [0.5, 0.6) is 0 Å². The van der Waals surface area contributed by atoms with Gasteiger partial charge in [0, 0.05) is 34.6 Å². The molecule has 0 atom stereocenters. The minimum Gasteiger partial charge on any atom is -0.472 e. The molecule has 1 aromatic heterocycles. The van der Waals surface area contributed by atoms with Gasteiger partial charge in [-0.3, -0.25) is 9.52 Å². The number of amides is 1. The molecule has 0 unspecified atom stereocenters. The Hall–Kier alpha value is -3.52. The molecule has 202 valence electrons. The van der Waals surface area contributed by atoms with Crippen molar-refractivity contribution < 1.29 is 30.8 Å². The number of hydrogen-bond donors (Lipinski definition) is 3. The first-order valence-electron chi connectivity index (χ1n) is 11.3. The molecule has 38 heavy (non-hydrogen) atoms. The Morgan fingerprint density at radius 3 is 2.53 bits per heavy atom. The van der Waals surface area contributed by atoms with Crippen molar-refractivity contribution in [3.05, 3.63) is 64.4 Å². The second-order valence-corrected chi connectivity index (χ2v) is 10.8. The maximum atomic E-state index is 13.2. The number of anilines is 2. The zero-order chi connectivity index (χ0) is 27.8. The van der Waals surface area contributed by atoms with E-state index >= 15 is 0 Å². The van der Waals surface area contributed by atoms with Gasteiger partial charge in [0.05, 0.1) is 24.8 Å². The fourth-order valence-corrected chi connectivity index (χ4v) is 5.65. The van der Waals surface area contributed by atoms with Crippen LogP contribution < -0.4 is 15.8 Å². The molecule has 9 nitrogen and oxygen atoms in total. The molecule has 4 N–H and O–H groups in total. The number of fused-ring (bicyclic) bond motifs is 1. The molecule has 0 radical (unpaired) electrons. The number of rotatable bonds is 9. The van der Waals surface area contributed by atoms with Gasteiger partial charge >= 0.3 is 15.5 Å². The standard InChI is InChI=1S/C24H23BrF3N5O4S/c1-3-6-18-31-23(30-2)21(22(29)34)33(18)11-15-13-9-10-37-12-16(13)20(25)19(15)14-7-4-5-8-17(14)32-38(35,36)24(26,27)28/h4-5,7-10,12,30,32H,3,6,11H2,1-2H3,(H2,29,34). The van der Waals surface area contributed by atoms with E-state index in [9.17, 15) is 26.4 Å². The Balaban J connectivity index is 1.99. The lowest BCUT2D eigenvalue weighted by Crippen LogP contribution is -2.30.